The van der Waals surface area contributed by atoms with E-state index in [1.807, 2.05) is 26.0 Å². The molecule has 0 radical (unpaired) electrons. The van der Waals surface area contributed by atoms with E-state index in [2.05, 4.69) is 5.32 Å². The van der Waals surface area contributed by atoms with E-state index in [4.69, 9.17) is 8.92 Å². The molecule has 2 aromatic rings. The summed E-state index contributed by atoms with van der Waals surface area (Å²) in [6, 6.07) is 13.6. The van der Waals surface area contributed by atoms with E-state index in [0.29, 0.717) is 18.0 Å². The summed E-state index contributed by atoms with van der Waals surface area (Å²) in [5, 5.41) is 2.90. The molecule has 1 atom stereocenters. The van der Waals surface area contributed by atoms with Gasteiger partial charge in [-0.2, -0.15) is 8.42 Å². The lowest BCUT2D eigenvalue weighted by atomic mass is 10.1. The molecule has 1 unspecified atom stereocenters. The molecule has 0 heterocycles. The quantitative estimate of drug-likeness (QED) is 0.673. The van der Waals surface area contributed by atoms with Crippen molar-refractivity contribution in [1.82, 2.24) is 4.90 Å². The minimum Gasteiger partial charge on any atom is -0.495 e. The molecule has 0 spiro atoms. The number of ether oxygens (including phenoxy) is 1. The van der Waals surface area contributed by atoms with Crippen molar-refractivity contribution in [3.63, 3.8) is 0 Å². The number of amides is 2. The fraction of sp³-hybridized carbons (Fsp3) is 0.350. The minimum absolute atomic E-state index is 0.00153. The molecule has 0 fully saturated rings. The Bertz CT molecular complexity index is 897. The van der Waals surface area contributed by atoms with Crippen LogP contribution < -0.4 is 14.2 Å². The third-order valence-electron chi connectivity index (χ3n) is 4.26. The molecule has 28 heavy (non-hydrogen) atoms. The van der Waals surface area contributed by atoms with E-state index in [1.165, 1.54) is 0 Å². The van der Waals surface area contributed by atoms with Gasteiger partial charge in [0.1, 0.15) is 11.5 Å². The molecule has 152 valence electrons. The van der Waals surface area contributed by atoms with Crippen LogP contribution in [0.3, 0.4) is 0 Å². The Morgan fingerprint density at radius 2 is 1.79 bits per heavy atom. The van der Waals surface area contributed by atoms with Gasteiger partial charge in [-0.1, -0.05) is 31.2 Å². The van der Waals surface area contributed by atoms with Gasteiger partial charge in [0.25, 0.3) is 0 Å². The van der Waals surface area contributed by atoms with Gasteiger partial charge in [-0.05, 0) is 43.2 Å². The number of hydrogen-bond acceptors (Lipinski definition) is 5. The predicted molar refractivity (Wildman–Crippen MR) is 109 cm³/mol. The molecule has 0 aliphatic carbocycles. The Hall–Kier alpha value is -2.74. The molecule has 8 heteroatoms. The molecular weight excluding hydrogens is 380 g/mol. The van der Waals surface area contributed by atoms with Gasteiger partial charge in [0.15, 0.2) is 0 Å². The molecule has 0 aliphatic rings. The zero-order valence-corrected chi connectivity index (χ0v) is 17.3. The molecule has 0 aromatic heterocycles. The first-order chi connectivity index (χ1) is 13.2. The SMILES string of the molecule is CCC(C)N(Cc1ccc(OS(C)(=O)=O)cc1)C(=O)Nc1ccccc1OC. The van der Waals surface area contributed by atoms with Gasteiger partial charge in [0.2, 0.25) is 0 Å². The largest absolute Gasteiger partial charge is 0.495 e. The van der Waals surface area contributed by atoms with Crippen LogP contribution >= 0.6 is 0 Å². The van der Waals surface area contributed by atoms with Crippen molar-refractivity contribution in [3.05, 3.63) is 54.1 Å². The third-order valence-corrected chi connectivity index (χ3v) is 4.75. The van der Waals surface area contributed by atoms with Crippen LogP contribution in [-0.2, 0) is 16.7 Å². The first kappa shape index (κ1) is 21.6. The van der Waals surface area contributed by atoms with Crippen LogP contribution in [0.1, 0.15) is 25.8 Å². The first-order valence-corrected chi connectivity index (χ1v) is 10.7. The fourth-order valence-corrected chi connectivity index (χ4v) is 3.07. The lowest BCUT2D eigenvalue weighted by Crippen LogP contribution is -2.40. The first-order valence-electron chi connectivity index (χ1n) is 8.92. The van der Waals surface area contributed by atoms with E-state index < -0.39 is 10.1 Å². The summed E-state index contributed by atoms with van der Waals surface area (Å²) in [5.74, 6) is 0.821. The molecule has 0 aliphatic heterocycles. The molecule has 2 aromatic carbocycles. The van der Waals surface area contributed by atoms with Gasteiger partial charge in [-0.25, -0.2) is 4.79 Å². The summed E-state index contributed by atoms with van der Waals surface area (Å²) in [7, 11) is -2.02. The van der Waals surface area contributed by atoms with Gasteiger partial charge in [-0.3, -0.25) is 0 Å². The van der Waals surface area contributed by atoms with Crippen LogP contribution in [0.5, 0.6) is 11.5 Å². The molecule has 7 nitrogen and oxygen atoms in total. The lowest BCUT2D eigenvalue weighted by molar-refractivity contribution is 0.187. The highest BCUT2D eigenvalue weighted by Crippen LogP contribution is 2.24. The van der Waals surface area contributed by atoms with E-state index in [1.54, 1.807) is 48.4 Å². The lowest BCUT2D eigenvalue weighted by Gasteiger charge is -2.29. The summed E-state index contributed by atoms with van der Waals surface area (Å²) in [6.45, 7) is 4.36. The predicted octanol–water partition coefficient (Wildman–Crippen LogP) is 3.87. The van der Waals surface area contributed by atoms with Crippen LogP contribution in [0.2, 0.25) is 0 Å². The van der Waals surface area contributed by atoms with Gasteiger partial charge in [0, 0.05) is 12.6 Å². The number of methoxy groups -OCH3 is 1. The maximum atomic E-state index is 12.9. The molecule has 1 N–H and O–H groups in total. The number of benzene rings is 2. The Kier molecular flexibility index (Phi) is 7.28. The van der Waals surface area contributed by atoms with Crippen molar-refractivity contribution < 1.29 is 22.1 Å². The number of nitrogens with one attached hydrogen (secondary N) is 1. The van der Waals surface area contributed by atoms with Crippen LogP contribution in [0.25, 0.3) is 0 Å². The monoisotopic (exact) mass is 406 g/mol. The molecule has 0 saturated heterocycles. The Labute approximate surface area is 166 Å². The molecule has 0 bridgehead atoms. The number of urea groups is 1. The smallest absolute Gasteiger partial charge is 0.322 e. The Morgan fingerprint density at radius 1 is 1.14 bits per heavy atom. The van der Waals surface area contributed by atoms with Crippen LogP contribution in [0, 0.1) is 0 Å². The van der Waals surface area contributed by atoms with Gasteiger partial charge in [0.05, 0.1) is 19.1 Å². The highest BCUT2D eigenvalue weighted by Gasteiger charge is 2.20. The molecular formula is C20H26N2O5S. The fourth-order valence-electron chi connectivity index (χ4n) is 2.61. The van der Waals surface area contributed by atoms with Crippen molar-refractivity contribution in [1.29, 1.82) is 0 Å². The highest BCUT2D eigenvalue weighted by molar-refractivity contribution is 7.86. The van der Waals surface area contributed by atoms with Crippen LogP contribution in [0.15, 0.2) is 48.5 Å². The number of para-hydroxylation sites is 2. The Morgan fingerprint density at radius 3 is 2.36 bits per heavy atom. The normalized spacial score (nSPS) is 12.1. The summed E-state index contributed by atoms with van der Waals surface area (Å²) in [5.41, 5.74) is 1.46. The number of nitrogens with zero attached hydrogens (tertiary/aromatic N) is 1. The zero-order chi connectivity index (χ0) is 20.7. The second-order valence-corrected chi connectivity index (χ2v) is 8.02. The van der Waals surface area contributed by atoms with Crippen molar-refractivity contribution >= 4 is 21.8 Å². The second kappa shape index (κ2) is 9.45. The number of carbonyl (C=O) groups excluding carboxylic acids is 1. The van der Waals surface area contributed by atoms with Crippen molar-refractivity contribution in [2.24, 2.45) is 0 Å². The van der Waals surface area contributed by atoms with Crippen LogP contribution in [0.4, 0.5) is 10.5 Å². The number of rotatable bonds is 8. The number of hydrogen-bond donors (Lipinski definition) is 1. The standard InChI is InChI=1S/C20H26N2O5S/c1-5-15(2)22(20(23)21-18-8-6-7-9-19(18)26-3)14-16-10-12-17(13-11-16)27-28(4,24)25/h6-13,15H,5,14H2,1-4H3,(H,21,23). The van der Waals surface area contributed by atoms with Gasteiger partial charge < -0.3 is 19.1 Å². The topological polar surface area (TPSA) is 84.9 Å². The average Bonchev–Trinajstić information content (AvgIpc) is 2.66. The van der Waals surface area contributed by atoms with Crippen molar-refractivity contribution in [3.8, 4) is 11.5 Å². The molecule has 2 rings (SSSR count). The van der Waals surface area contributed by atoms with Crippen molar-refractivity contribution in [2.75, 3.05) is 18.7 Å². The van der Waals surface area contributed by atoms with E-state index >= 15 is 0 Å². The van der Waals surface area contributed by atoms with Gasteiger partial charge in [-0.15, -0.1) is 0 Å². The molecule has 0 saturated carbocycles. The zero-order valence-electron chi connectivity index (χ0n) is 16.5. The van der Waals surface area contributed by atoms with E-state index in [-0.39, 0.29) is 17.8 Å². The summed E-state index contributed by atoms with van der Waals surface area (Å²) in [4.78, 5) is 14.6. The summed E-state index contributed by atoms with van der Waals surface area (Å²) in [6.07, 6.45) is 1.78. The van der Waals surface area contributed by atoms with Crippen molar-refractivity contribution in [2.45, 2.75) is 32.9 Å². The van der Waals surface area contributed by atoms with Gasteiger partial charge >= 0.3 is 16.1 Å². The maximum absolute atomic E-state index is 12.9. The number of anilines is 1. The third kappa shape index (κ3) is 6.16. The maximum Gasteiger partial charge on any atom is 0.322 e. The summed E-state index contributed by atoms with van der Waals surface area (Å²) >= 11 is 0. The van der Waals surface area contributed by atoms with E-state index in [9.17, 15) is 13.2 Å². The molecule has 2 amide bonds. The highest BCUT2D eigenvalue weighted by atomic mass is 32.2. The second-order valence-electron chi connectivity index (χ2n) is 6.45. The number of carbonyl (C=O) groups is 1. The van der Waals surface area contributed by atoms with Crippen LogP contribution in [-0.4, -0.2) is 38.8 Å². The minimum atomic E-state index is -3.57. The average molecular weight is 407 g/mol. The summed E-state index contributed by atoms with van der Waals surface area (Å²) < 4.78 is 32.6. The Balaban J connectivity index is 2.16. The van der Waals surface area contributed by atoms with E-state index in [0.717, 1.165) is 18.2 Å².